The summed E-state index contributed by atoms with van der Waals surface area (Å²) in [6, 6.07) is 7.50. The van der Waals surface area contributed by atoms with Crippen LogP contribution < -0.4 is 4.74 Å². The Morgan fingerprint density at radius 3 is 2.83 bits per heavy atom. The summed E-state index contributed by atoms with van der Waals surface area (Å²) in [5.74, 6) is 1.46. The number of benzene rings is 1. The second-order valence-electron chi connectivity index (χ2n) is 4.98. The van der Waals surface area contributed by atoms with Gasteiger partial charge in [-0.2, -0.15) is 0 Å². The van der Waals surface area contributed by atoms with Gasteiger partial charge in [-0.05, 0) is 36.5 Å². The molecular formula is C15H22O3. The van der Waals surface area contributed by atoms with Crippen molar-refractivity contribution in [3.8, 4) is 5.75 Å². The van der Waals surface area contributed by atoms with Crippen molar-refractivity contribution in [3.63, 3.8) is 0 Å². The second kappa shape index (κ2) is 6.76. The van der Waals surface area contributed by atoms with Gasteiger partial charge < -0.3 is 14.6 Å². The van der Waals surface area contributed by atoms with E-state index in [9.17, 15) is 5.11 Å². The molecule has 0 aromatic heterocycles. The number of hydrogen-bond acceptors (Lipinski definition) is 3. The normalized spacial score (nSPS) is 17.9. The van der Waals surface area contributed by atoms with Crippen molar-refractivity contribution >= 4 is 0 Å². The molecule has 0 saturated heterocycles. The Morgan fingerprint density at radius 1 is 1.33 bits per heavy atom. The topological polar surface area (TPSA) is 38.7 Å². The minimum Gasteiger partial charge on any atom is -0.497 e. The van der Waals surface area contributed by atoms with E-state index in [1.165, 1.54) is 25.7 Å². The molecule has 0 bridgehead atoms. The molecule has 1 aliphatic carbocycles. The lowest BCUT2D eigenvalue weighted by Gasteiger charge is -2.14. The fourth-order valence-electron chi connectivity index (χ4n) is 2.47. The average molecular weight is 250 g/mol. The minimum atomic E-state index is -0.568. The van der Waals surface area contributed by atoms with Gasteiger partial charge in [-0.15, -0.1) is 0 Å². The molecule has 0 radical (unpaired) electrons. The lowest BCUT2D eigenvalue weighted by Crippen LogP contribution is -2.12. The first-order valence-corrected chi connectivity index (χ1v) is 6.69. The van der Waals surface area contributed by atoms with E-state index < -0.39 is 6.10 Å². The Morgan fingerprint density at radius 2 is 2.11 bits per heavy atom. The van der Waals surface area contributed by atoms with Gasteiger partial charge in [0.2, 0.25) is 0 Å². The molecule has 3 nitrogen and oxygen atoms in total. The number of aliphatic hydroxyl groups is 1. The highest BCUT2D eigenvalue weighted by Gasteiger charge is 2.16. The van der Waals surface area contributed by atoms with Crippen LogP contribution >= 0.6 is 0 Å². The molecule has 18 heavy (non-hydrogen) atoms. The van der Waals surface area contributed by atoms with E-state index in [0.29, 0.717) is 12.5 Å². The lowest BCUT2D eigenvalue weighted by molar-refractivity contribution is 0.0211. The first kappa shape index (κ1) is 13.4. The third-order valence-electron chi connectivity index (χ3n) is 3.58. The number of methoxy groups -OCH3 is 1. The highest BCUT2D eigenvalue weighted by Crippen LogP contribution is 2.25. The van der Waals surface area contributed by atoms with E-state index in [4.69, 9.17) is 9.47 Å². The van der Waals surface area contributed by atoms with Gasteiger partial charge in [-0.1, -0.05) is 25.0 Å². The summed E-state index contributed by atoms with van der Waals surface area (Å²) in [5.41, 5.74) is 0.848. The largest absolute Gasteiger partial charge is 0.497 e. The minimum absolute atomic E-state index is 0.365. The van der Waals surface area contributed by atoms with Crippen molar-refractivity contribution in [3.05, 3.63) is 29.8 Å². The van der Waals surface area contributed by atoms with Crippen LogP contribution in [-0.4, -0.2) is 25.4 Å². The summed E-state index contributed by atoms with van der Waals surface area (Å²) >= 11 is 0. The molecule has 0 amide bonds. The molecule has 3 heteroatoms. The molecule has 2 rings (SSSR count). The van der Waals surface area contributed by atoms with Crippen LogP contribution in [0.25, 0.3) is 0 Å². The molecular weight excluding hydrogens is 228 g/mol. The fraction of sp³-hybridized carbons (Fsp3) is 0.600. The van der Waals surface area contributed by atoms with Gasteiger partial charge in [0.15, 0.2) is 0 Å². The third kappa shape index (κ3) is 3.72. The maximum Gasteiger partial charge on any atom is 0.119 e. The lowest BCUT2D eigenvalue weighted by atomic mass is 10.1. The summed E-state index contributed by atoms with van der Waals surface area (Å²) in [5, 5.41) is 10.0. The Hall–Kier alpha value is -1.06. The fourth-order valence-corrected chi connectivity index (χ4v) is 2.47. The molecule has 0 heterocycles. The van der Waals surface area contributed by atoms with Crippen molar-refractivity contribution in [2.45, 2.75) is 31.8 Å². The van der Waals surface area contributed by atoms with Gasteiger partial charge in [0, 0.05) is 6.61 Å². The molecule has 1 N–H and O–H groups in total. The SMILES string of the molecule is COc1cccc(C(O)COCC2CCCC2)c1. The Labute approximate surface area is 109 Å². The summed E-state index contributed by atoms with van der Waals surface area (Å²) in [6.07, 6.45) is 4.63. The standard InChI is InChI=1S/C15H22O3/c1-17-14-8-4-7-13(9-14)15(16)11-18-10-12-5-2-3-6-12/h4,7-9,12,15-16H,2-3,5-6,10-11H2,1H3. The molecule has 0 spiro atoms. The molecule has 1 atom stereocenters. The molecule has 1 aromatic rings. The Kier molecular flexibility index (Phi) is 5.02. The summed E-state index contributed by atoms with van der Waals surface area (Å²) in [7, 11) is 1.63. The van der Waals surface area contributed by atoms with Gasteiger partial charge in [-0.3, -0.25) is 0 Å². The van der Waals surface area contributed by atoms with Crippen LogP contribution in [0, 0.1) is 5.92 Å². The van der Waals surface area contributed by atoms with Crippen molar-refractivity contribution in [2.75, 3.05) is 20.3 Å². The van der Waals surface area contributed by atoms with Gasteiger partial charge in [0.05, 0.1) is 13.7 Å². The molecule has 1 aromatic carbocycles. The predicted octanol–water partition coefficient (Wildman–Crippen LogP) is 2.94. The predicted molar refractivity (Wildman–Crippen MR) is 70.7 cm³/mol. The van der Waals surface area contributed by atoms with E-state index in [1.807, 2.05) is 24.3 Å². The van der Waals surface area contributed by atoms with Crippen LogP contribution in [0.2, 0.25) is 0 Å². The first-order valence-electron chi connectivity index (χ1n) is 6.69. The van der Waals surface area contributed by atoms with Crippen LogP contribution in [0.1, 0.15) is 37.4 Å². The summed E-state index contributed by atoms with van der Waals surface area (Å²) in [4.78, 5) is 0. The van der Waals surface area contributed by atoms with E-state index in [2.05, 4.69) is 0 Å². The summed E-state index contributed by atoms with van der Waals surface area (Å²) < 4.78 is 10.8. The van der Waals surface area contributed by atoms with E-state index in [-0.39, 0.29) is 0 Å². The Balaban J connectivity index is 1.77. The van der Waals surface area contributed by atoms with Crippen molar-refractivity contribution in [2.24, 2.45) is 5.92 Å². The number of ether oxygens (including phenoxy) is 2. The van der Waals surface area contributed by atoms with Gasteiger partial charge in [0.1, 0.15) is 11.9 Å². The van der Waals surface area contributed by atoms with Crippen molar-refractivity contribution < 1.29 is 14.6 Å². The van der Waals surface area contributed by atoms with Crippen LogP contribution in [0.3, 0.4) is 0 Å². The van der Waals surface area contributed by atoms with Crippen molar-refractivity contribution in [1.29, 1.82) is 0 Å². The molecule has 1 aliphatic rings. The highest BCUT2D eigenvalue weighted by molar-refractivity contribution is 5.29. The van der Waals surface area contributed by atoms with E-state index >= 15 is 0 Å². The smallest absolute Gasteiger partial charge is 0.119 e. The first-order chi connectivity index (χ1) is 8.79. The van der Waals surface area contributed by atoms with Crippen LogP contribution in [0.4, 0.5) is 0 Å². The zero-order chi connectivity index (χ0) is 12.8. The number of rotatable bonds is 6. The second-order valence-corrected chi connectivity index (χ2v) is 4.98. The maximum absolute atomic E-state index is 10.0. The summed E-state index contributed by atoms with van der Waals surface area (Å²) in [6.45, 7) is 1.14. The highest BCUT2D eigenvalue weighted by atomic mass is 16.5. The third-order valence-corrected chi connectivity index (χ3v) is 3.58. The monoisotopic (exact) mass is 250 g/mol. The Bertz CT molecular complexity index is 359. The van der Waals surface area contributed by atoms with Gasteiger partial charge in [-0.25, -0.2) is 0 Å². The van der Waals surface area contributed by atoms with Gasteiger partial charge >= 0.3 is 0 Å². The van der Waals surface area contributed by atoms with Crippen LogP contribution in [-0.2, 0) is 4.74 Å². The maximum atomic E-state index is 10.0. The molecule has 1 unspecified atom stereocenters. The molecule has 1 saturated carbocycles. The van der Waals surface area contributed by atoms with E-state index in [0.717, 1.165) is 17.9 Å². The van der Waals surface area contributed by atoms with Crippen molar-refractivity contribution in [1.82, 2.24) is 0 Å². The molecule has 0 aliphatic heterocycles. The number of aliphatic hydroxyl groups excluding tert-OH is 1. The van der Waals surface area contributed by atoms with E-state index in [1.54, 1.807) is 7.11 Å². The zero-order valence-electron chi connectivity index (χ0n) is 11.0. The molecule has 100 valence electrons. The zero-order valence-corrected chi connectivity index (χ0v) is 11.0. The van der Waals surface area contributed by atoms with Crippen LogP contribution in [0.5, 0.6) is 5.75 Å². The van der Waals surface area contributed by atoms with Crippen LogP contribution in [0.15, 0.2) is 24.3 Å². The van der Waals surface area contributed by atoms with Gasteiger partial charge in [0.25, 0.3) is 0 Å². The molecule has 1 fully saturated rings. The quantitative estimate of drug-likeness (QED) is 0.843. The average Bonchev–Trinajstić information content (AvgIpc) is 2.92. The number of hydrogen-bond donors (Lipinski definition) is 1.